The number of alkyl halides is 8. The number of hydrogen-bond donors (Lipinski definition) is 0. The molecular weight excluding hydrogens is 344 g/mol. The molecule has 0 amide bonds. The van der Waals surface area contributed by atoms with Gasteiger partial charge in [-0.25, -0.2) is 8.78 Å². The molecule has 0 bridgehead atoms. The maximum Gasteiger partial charge on any atom is 0.402 e. The lowest BCUT2D eigenvalue weighted by Gasteiger charge is -2.29. The van der Waals surface area contributed by atoms with E-state index in [9.17, 15) is 35.1 Å². The molecule has 0 atom stereocenters. The summed E-state index contributed by atoms with van der Waals surface area (Å²) in [6.07, 6.45) is -7.99. The molecule has 0 fully saturated rings. The van der Waals surface area contributed by atoms with E-state index < -0.39 is 23.7 Å². The van der Waals surface area contributed by atoms with E-state index in [1.165, 1.54) is 12.8 Å². The molecule has 0 aliphatic carbocycles. The molecule has 0 rings (SSSR count). The first kappa shape index (κ1) is 38.8. The van der Waals surface area contributed by atoms with Crippen molar-refractivity contribution in [1.82, 2.24) is 0 Å². The molecule has 0 aliphatic rings. The van der Waals surface area contributed by atoms with Gasteiger partial charge in [0.15, 0.2) is 5.41 Å². The molecule has 0 unspecified atom stereocenters. The molecule has 0 saturated heterocycles. The van der Waals surface area contributed by atoms with Crippen LogP contribution in [0.25, 0.3) is 0 Å². The summed E-state index contributed by atoms with van der Waals surface area (Å²) in [7, 11) is 0. The smallest absolute Gasteiger partial charge is 0.208 e. The summed E-state index contributed by atoms with van der Waals surface area (Å²) in [5.41, 5.74) is -3.62. The van der Waals surface area contributed by atoms with Crippen LogP contribution in [0.5, 0.6) is 0 Å². The Morgan fingerprint density at radius 2 is 0.583 bits per heavy atom. The van der Waals surface area contributed by atoms with Crippen molar-refractivity contribution in [3.63, 3.8) is 0 Å². The van der Waals surface area contributed by atoms with E-state index in [-0.39, 0.29) is 28.7 Å². The molecule has 0 N–H and O–H groups in total. The minimum atomic E-state index is -5.24. The summed E-state index contributed by atoms with van der Waals surface area (Å²) in [5, 5.41) is 0. The Morgan fingerprint density at radius 1 is 0.500 bits per heavy atom. The minimum absolute atomic E-state index is 0. The topological polar surface area (TPSA) is 0 Å². The zero-order valence-corrected chi connectivity index (χ0v) is 14.4. The predicted octanol–water partition coefficient (Wildman–Crippen LogP) is 8.90. The lowest BCUT2D eigenvalue weighted by molar-refractivity contribution is -0.327. The molecule has 0 radical (unpaired) electrons. The van der Waals surface area contributed by atoms with E-state index in [0.717, 1.165) is 13.8 Å². The van der Waals surface area contributed by atoms with E-state index in [2.05, 4.69) is 27.7 Å². The van der Waals surface area contributed by atoms with Crippen molar-refractivity contribution in [2.75, 3.05) is 0 Å². The monoisotopic (exact) mass is 380 g/mol. The Balaban J connectivity index is -0.0000000527. The van der Waals surface area contributed by atoms with Crippen molar-refractivity contribution in [2.24, 2.45) is 5.41 Å². The normalized spacial score (nSPS) is 11.0. The molecule has 156 valence electrons. The fraction of sp³-hybridized carbons (Fsp3) is 1.00. The lowest BCUT2D eigenvalue weighted by Crippen LogP contribution is -2.44. The first-order valence-corrected chi connectivity index (χ1v) is 6.84. The highest BCUT2D eigenvalue weighted by molar-refractivity contribution is 4.84. The Bertz CT molecular complexity index is 210. The van der Waals surface area contributed by atoms with Crippen molar-refractivity contribution in [3.8, 4) is 0 Å². The SMILES string of the molecule is C.C.CC(C)(C(F)(F)F)C(F)(F)F.CC(C)(F)F.CCC.CCC. The van der Waals surface area contributed by atoms with Crippen LogP contribution < -0.4 is 0 Å². The van der Waals surface area contributed by atoms with Gasteiger partial charge in [0.05, 0.1) is 0 Å². The third-order valence-corrected chi connectivity index (χ3v) is 1.42. The van der Waals surface area contributed by atoms with Gasteiger partial charge in [0, 0.05) is 0 Å². The Morgan fingerprint density at radius 3 is 0.583 bits per heavy atom. The highest BCUT2D eigenvalue weighted by Gasteiger charge is 2.64. The third kappa shape index (κ3) is 29.5. The second-order valence-electron chi connectivity index (χ2n) is 5.36. The maximum absolute atomic E-state index is 11.6. The summed E-state index contributed by atoms with van der Waals surface area (Å²) in [6, 6.07) is 0. The molecule has 24 heavy (non-hydrogen) atoms. The van der Waals surface area contributed by atoms with Crippen LogP contribution in [0.1, 0.15) is 83.1 Å². The zero-order valence-electron chi connectivity index (χ0n) is 14.4. The summed E-state index contributed by atoms with van der Waals surface area (Å²) in [6.45, 7) is 10.4. The standard InChI is InChI=1S/C5H6F6.C3H6F2.2C3H8.2CH4/c1-3(2,4(6,7)8)5(9,10)11;1-3(2,4)5;2*1-3-2;;/h1-2H3;1-2H3;2*3H2,1-2H3;2*1H4. The van der Waals surface area contributed by atoms with Gasteiger partial charge in [-0.2, -0.15) is 26.3 Å². The van der Waals surface area contributed by atoms with Crippen LogP contribution in [-0.4, -0.2) is 18.3 Å². The van der Waals surface area contributed by atoms with Gasteiger partial charge in [0.25, 0.3) is 0 Å². The van der Waals surface area contributed by atoms with Gasteiger partial charge in [-0.1, -0.05) is 55.4 Å². The molecular formula is C16H36F8. The van der Waals surface area contributed by atoms with Crippen LogP contribution in [0.3, 0.4) is 0 Å². The summed E-state index contributed by atoms with van der Waals surface area (Å²) < 4.78 is 91.7. The number of rotatable bonds is 0. The highest BCUT2D eigenvalue weighted by Crippen LogP contribution is 2.49. The Labute approximate surface area is 143 Å². The largest absolute Gasteiger partial charge is 0.402 e. The summed E-state index contributed by atoms with van der Waals surface area (Å²) >= 11 is 0. The first-order chi connectivity index (χ1) is 9.33. The van der Waals surface area contributed by atoms with E-state index in [1.54, 1.807) is 0 Å². The highest BCUT2D eigenvalue weighted by atomic mass is 19.4. The van der Waals surface area contributed by atoms with Gasteiger partial charge in [-0.3, -0.25) is 0 Å². The molecule has 0 saturated carbocycles. The lowest BCUT2D eigenvalue weighted by atomic mass is 9.92. The van der Waals surface area contributed by atoms with Gasteiger partial charge in [0.2, 0.25) is 5.92 Å². The van der Waals surface area contributed by atoms with Crippen LogP contribution >= 0.6 is 0 Å². The second kappa shape index (κ2) is 15.9. The summed E-state index contributed by atoms with van der Waals surface area (Å²) in [4.78, 5) is 0. The predicted molar refractivity (Wildman–Crippen MR) is 87.6 cm³/mol. The van der Waals surface area contributed by atoms with Crippen molar-refractivity contribution >= 4 is 0 Å². The van der Waals surface area contributed by atoms with E-state index in [1.807, 2.05) is 0 Å². The molecule has 0 spiro atoms. The number of hydrogen-bond acceptors (Lipinski definition) is 0. The molecule has 0 aliphatic heterocycles. The van der Waals surface area contributed by atoms with Gasteiger partial charge < -0.3 is 0 Å². The van der Waals surface area contributed by atoms with Gasteiger partial charge in [0.1, 0.15) is 0 Å². The van der Waals surface area contributed by atoms with E-state index >= 15 is 0 Å². The molecule has 0 aromatic carbocycles. The van der Waals surface area contributed by atoms with Crippen LogP contribution in [0.2, 0.25) is 0 Å². The van der Waals surface area contributed by atoms with Crippen molar-refractivity contribution in [1.29, 1.82) is 0 Å². The molecule has 8 heteroatoms. The van der Waals surface area contributed by atoms with Gasteiger partial charge in [-0.15, -0.1) is 0 Å². The molecule has 0 aromatic heterocycles. The molecule has 0 heterocycles. The number of halogens is 8. The van der Waals surface area contributed by atoms with E-state index in [4.69, 9.17) is 0 Å². The fourth-order valence-corrected chi connectivity index (χ4v) is 0.161. The van der Waals surface area contributed by atoms with Crippen LogP contribution in [0.4, 0.5) is 35.1 Å². The Hall–Kier alpha value is -0.560. The van der Waals surface area contributed by atoms with Crippen LogP contribution in [0.15, 0.2) is 0 Å². The fourth-order valence-electron chi connectivity index (χ4n) is 0.161. The average molecular weight is 380 g/mol. The first-order valence-electron chi connectivity index (χ1n) is 6.84. The van der Waals surface area contributed by atoms with Crippen molar-refractivity contribution in [2.45, 2.75) is 101 Å². The zero-order chi connectivity index (χ0) is 19.4. The maximum atomic E-state index is 11.6. The average Bonchev–Trinajstić information content (AvgIpc) is 2.13. The quantitative estimate of drug-likeness (QED) is 0.368. The molecule has 0 aromatic rings. The van der Waals surface area contributed by atoms with Crippen LogP contribution in [0, 0.1) is 5.41 Å². The van der Waals surface area contributed by atoms with E-state index in [0.29, 0.717) is 0 Å². The van der Waals surface area contributed by atoms with Crippen molar-refractivity contribution in [3.05, 3.63) is 0 Å². The van der Waals surface area contributed by atoms with Crippen LogP contribution in [-0.2, 0) is 0 Å². The Kier molecular flexibility index (Phi) is 25.8. The molecule has 0 nitrogen and oxygen atoms in total. The van der Waals surface area contributed by atoms with Crippen molar-refractivity contribution < 1.29 is 35.1 Å². The minimum Gasteiger partial charge on any atom is -0.208 e. The summed E-state index contributed by atoms with van der Waals surface area (Å²) in [5.74, 6) is -2.50. The van der Waals surface area contributed by atoms with Gasteiger partial charge in [-0.05, 0) is 27.7 Å². The third-order valence-electron chi connectivity index (χ3n) is 1.42. The second-order valence-corrected chi connectivity index (χ2v) is 5.36. The van der Waals surface area contributed by atoms with Gasteiger partial charge >= 0.3 is 12.4 Å².